The Labute approximate surface area is 159 Å². The molecule has 2 heterocycles. The molecule has 0 aromatic carbocycles. The first-order chi connectivity index (χ1) is 12.7. The van der Waals surface area contributed by atoms with E-state index in [0.29, 0.717) is 30.1 Å². The molecule has 1 aliphatic carbocycles. The van der Waals surface area contributed by atoms with E-state index in [0.717, 1.165) is 6.42 Å². The Bertz CT molecular complexity index is 908. The van der Waals surface area contributed by atoms with Crippen molar-refractivity contribution in [2.75, 3.05) is 19.4 Å². The van der Waals surface area contributed by atoms with E-state index in [2.05, 4.69) is 9.46 Å². The van der Waals surface area contributed by atoms with Crippen LogP contribution in [0.15, 0.2) is 27.6 Å². The van der Waals surface area contributed by atoms with E-state index >= 15 is 0 Å². The zero-order valence-electron chi connectivity index (χ0n) is 15.9. The lowest BCUT2D eigenvalue weighted by Gasteiger charge is -2.34. The number of carbonyl (C=O) groups is 2. The highest BCUT2D eigenvalue weighted by atomic mass is 32.2. The van der Waals surface area contributed by atoms with Gasteiger partial charge in [0.15, 0.2) is 0 Å². The maximum atomic E-state index is 13.2. The number of fused-ring (bicyclic) bond motifs is 1. The van der Waals surface area contributed by atoms with Crippen LogP contribution in [-0.4, -0.2) is 55.2 Å². The Hall–Kier alpha value is -2.00. The minimum Gasteiger partial charge on any atom is -0.395 e. The summed E-state index contributed by atoms with van der Waals surface area (Å²) < 4.78 is 18.9. The summed E-state index contributed by atoms with van der Waals surface area (Å²) in [5, 5.41) is 13.7. The van der Waals surface area contributed by atoms with Gasteiger partial charge in [-0.3, -0.25) is 14.3 Å². The summed E-state index contributed by atoms with van der Waals surface area (Å²) in [6.45, 7) is 4.29. The van der Waals surface area contributed by atoms with Crippen LogP contribution < -0.4 is 0 Å². The van der Waals surface area contributed by atoms with Crippen molar-refractivity contribution in [3.8, 4) is 0 Å². The predicted molar refractivity (Wildman–Crippen MR) is 100 cm³/mol. The van der Waals surface area contributed by atoms with Gasteiger partial charge in [-0.1, -0.05) is 12.2 Å². The lowest BCUT2D eigenvalue weighted by Crippen LogP contribution is -2.46. The van der Waals surface area contributed by atoms with E-state index < -0.39 is 15.1 Å². The molecule has 1 N–H and O–H groups in total. The van der Waals surface area contributed by atoms with Crippen LogP contribution in [0.25, 0.3) is 0 Å². The van der Waals surface area contributed by atoms with Crippen LogP contribution in [0.2, 0.25) is 0 Å². The van der Waals surface area contributed by atoms with Gasteiger partial charge in [0, 0.05) is 12.8 Å². The Kier molecular flexibility index (Phi) is 5.27. The van der Waals surface area contributed by atoms with Gasteiger partial charge in [-0.15, -0.1) is 0 Å². The fraction of sp³-hybridized carbons (Fsp3) is 0.611. The molecule has 148 valence electrons. The fourth-order valence-corrected chi connectivity index (χ4v) is 4.76. The molecule has 2 amide bonds. The molecule has 0 saturated heterocycles. The number of carbonyl (C=O) groups excluding carboxylic acids is 2. The standard InChI is InChI=1S/C18H26N4O4S/c1-18(2,12-23)17(25)21-8-9-22-14(11-21)15(10-19-22)27(3,26)20-16(24)13-6-4-5-7-13/h4,6,10,13,23H,5,7-9,11-12H2,1-3H3. The molecule has 0 radical (unpaired) electrons. The molecule has 0 saturated carbocycles. The van der Waals surface area contributed by atoms with Crippen LogP contribution in [0.3, 0.4) is 0 Å². The van der Waals surface area contributed by atoms with Crippen molar-refractivity contribution in [3.63, 3.8) is 0 Å². The highest BCUT2D eigenvalue weighted by Gasteiger charge is 2.35. The Morgan fingerprint density at radius 2 is 2.15 bits per heavy atom. The highest BCUT2D eigenvalue weighted by Crippen LogP contribution is 2.27. The Balaban J connectivity index is 1.89. The largest absolute Gasteiger partial charge is 0.395 e. The molecule has 1 aromatic rings. The normalized spacial score (nSPS) is 21.6. The monoisotopic (exact) mass is 394 g/mol. The van der Waals surface area contributed by atoms with E-state index in [4.69, 9.17) is 0 Å². The quantitative estimate of drug-likeness (QED) is 0.773. The van der Waals surface area contributed by atoms with Crippen molar-refractivity contribution in [1.82, 2.24) is 14.7 Å². The summed E-state index contributed by atoms with van der Waals surface area (Å²) >= 11 is 0. The molecule has 2 aliphatic rings. The number of hydrogen-bond donors (Lipinski definition) is 1. The van der Waals surface area contributed by atoms with E-state index in [1.54, 1.807) is 23.4 Å². The summed E-state index contributed by atoms with van der Waals surface area (Å²) in [4.78, 5) is 27.1. The molecule has 3 rings (SSSR count). The number of aromatic nitrogens is 2. The number of hydrogen-bond acceptors (Lipinski definition) is 5. The van der Waals surface area contributed by atoms with Gasteiger partial charge >= 0.3 is 0 Å². The third-order valence-corrected chi connectivity index (χ3v) is 6.78. The van der Waals surface area contributed by atoms with Gasteiger partial charge in [-0.25, -0.2) is 4.21 Å². The molecule has 1 aromatic heterocycles. The number of aliphatic hydroxyl groups is 1. The topological polar surface area (TPSA) is 105 Å². The first-order valence-electron chi connectivity index (χ1n) is 9.03. The van der Waals surface area contributed by atoms with Crippen LogP contribution in [0.4, 0.5) is 0 Å². The van der Waals surface area contributed by atoms with Crippen molar-refractivity contribution in [3.05, 3.63) is 24.0 Å². The Morgan fingerprint density at radius 1 is 1.41 bits per heavy atom. The predicted octanol–water partition coefficient (Wildman–Crippen LogP) is 1.19. The Morgan fingerprint density at radius 3 is 2.78 bits per heavy atom. The summed E-state index contributed by atoms with van der Waals surface area (Å²) in [7, 11) is -2.96. The highest BCUT2D eigenvalue weighted by molar-refractivity contribution is 7.93. The van der Waals surface area contributed by atoms with E-state index in [-0.39, 0.29) is 30.9 Å². The van der Waals surface area contributed by atoms with Gasteiger partial charge in [-0.05, 0) is 26.7 Å². The lowest BCUT2D eigenvalue weighted by molar-refractivity contribution is -0.144. The molecule has 0 fully saturated rings. The molecule has 9 heteroatoms. The molecule has 0 bridgehead atoms. The van der Waals surface area contributed by atoms with Crippen molar-refractivity contribution in [2.45, 2.75) is 44.7 Å². The SMILES string of the molecule is CC(C)(CO)C(=O)N1CCn2ncc(S(C)(=O)=NC(=O)C3C=CCC3)c2C1. The zero-order valence-corrected chi connectivity index (χ0v) is 16.7. The van der Waals surface area contributed by atoms with Crippen LogP contribution in [0, 0.1) is 11.3 Å². The van der Waals surface area contributed by atoms with E-state index in [1.807, 2.05) is 12.2 Å². The van der Waals surface area contributed by atoms with Crippen LogP contribution in [0.1, 0.15) is 32.4 Å². The van der Waals surface area contributed by atoms with Crippen molar-refractivity contribution >= 4 is 21.5 Å². The number of allylic oxidation sites excluding steroid dienone is 1. The second-order valence-corrected chi connectivity index (χ2v) is 10.0. The maximum absolute atomic E-state index is 13.2. The number of aliphatic hydroxyl groups excluding tert-OH is 1. The number of rotatable bonds is 4. The van der Waals surface area contributed by atoms with Crippen molar-refractivity contribution in [1.29, 1.82) is 0 Å². The molecular formula is C18H26N4O4S. The number of nitrogens with zero attached hydrogens (tertiary/aromatic N) is 4. The summed E-state index contributed by atoms with van der Waals surface area (Å²) in [6.07, 6.45) is 8.21. The van der Waals surface area contributed by atoms with Gasteiger partial charge < -0.3 is 10.0 Å². The molecular weight excluding hydrogens is 368 g/mol. The first kappa shape index (κ1) is 19.8. The van der Waals surface area contributed by atoms with Gasteiger partial charge in [0.1, 0.15) is 0 Å². The van der Waals surface area contributed by atoms with Crippen LogP contribution in [-0.2, 0) is 32.4 Å². The second-order valence-electron chi connectivity index (χ2n) is 7.79. The lowest BCUT2D eigenvalue weighted by atomic mass is 9.92. The molecule has 0 spiro atoms. The summed E-state index contributed by atoms with van der Waals surface area (Å²) in [5.41, 5.74) is -0.250. The average Bonchev–Trinajstić information content (AvgIpc) is 3.29. The molecule has 2 unspecified atom stereocenters. The van der Waals surface area contributed by atoms with Crippen LogP contribution in [0.5, 0.6) is 0 Å². The number of amides is 2. The molecule has 2 atom stereocenters. The summed E-state index contributed by atoms with van der Waals surface area (Å²) in [6, 6.07) is 0. The second kappa shape index (κ2) is 7.20. The van der Waals surface area contributed by atoms with E-state index in [9.17, 15) is 18.9 Å². The molecule has 1 aliphatic heterocycles. The van der Waals surface area contributed by atoms with Gasteiger partial charge in [0.25, 0.3) is 5.91 Å². The third-order valence-electron chi connectivity index (χ3n) is 5.10. The van der Waals surface area contributed by atoms with Gasteiger partial charge in [-0.2, -0.15) is 9.46 Å². The van der Waals surface area contributed by atoms with Crippen molar-refractivity contribution < 1.29 is 18.9 Å². The fourth-order valence-electron chi connectivity index (χ4n) is 3.33. The van der Waals surface area contributed by atoms with Crippen molar-refractivity contribution in [2.24, 2.45) is 15.7 Å². The minimum absolute atomic E-state index is 0.171. The third kappa shape index (κ3) is 3.84. The molecule has 8 nitrogen and oxygen atoms in total. The molecule has 27 heavy (non-hydrogen) atoms. The first-order valence-corrected chi connectivity index (χ1v) is 11.0. The summed E-state index contributed by atoms with van der Waals surface area (Å²) in [5.74, 6) is -0.850. The van der Waals surface area contributed by atoms with Crippen LogP contribution >= 0.6 is 0 Å². The smallest absolute Gasteiger partial charge is 0.260 e. The van der Waals surface area contributed by atoms with Gasteiger partial charge in [0.05, 0.1) is 57.5 Å². The maximum Gasteiger partial charge on any atom is 0.260 e. The van der Waals surface area contributed by atoms with E-state index in [1.165, 1.54) is 12.5 Å². The van der Waals surface area contributed by atoms with Gasteiger partial charge in [0.2, 0.25) is 5.91 Å². The average molecular weight is 394 g/mol. The zero-order chi connectivity index (χ0) is 19.8. The minimum atomic E-state index is -2.96.